The Kier molecular flexibility index (Phi) is 5.82. The molecule has 6 nitrogen and oxygen atoms in total. The van der Waals surface area contributed by atoms with E-state index in [9.17, 15) is 9.59 Å². The van der Waals surface area contributed by atoms with Gasteiger partial charge in [0.15, 0.2) is 5.78 Å². The van der Waals surface area contributed by atoms with Gasteiger partial charge < -0.3 is 10.5 Å². The van der Waals surface area contributed by atoms with Gasteiger partial charge in [-0.15, -0.1) is 0 Å². The number of pyridine rings is 1. The number of Topliss-reactive ketones (excluding diaryl/α,β-unsaturated/α-hetero) is 1. The summed E-state index contributed by atoms with van der Waals surface area (Å²) in [7, 11) is 0. The van der Waals surface area contributed by atoms with E-state index in [0.29, 0.717) is 29.1 Å². The molecule has 2 aliphatic rings. The number of allylic oxidation sites excluding steroid dienone is 2. The average Bonchev–Trinajstić information content (AvgIpc) is 2.74. The Morgan fingerprint density at radius 1 is 1.22 bits per heavy atom. The molecule has 2 aromatic rings. The number of nitrogens with two attached hydrogens (primary N) is 1. The van der Waals surface area contributed by atoms with Crippen molar-refractivity contribution in [3.8, 4) is 0 Å². The summed E-state index contributed by atoms with van der Waals surface area (Å²) < 4.78 is 5.38. The first kappa shape index (κ1) is 22.1. The molecule has 0 saturated carbocycles. The second-order valence-corrected chi connectivity index (χ2v) is 9.26. The van der Waals surface area contributed by atoms with E-state index in [1.165, 1.54) is 0 Å². The zero-order chi connectivity index (χ0) is 23.0. The van der Waals surface area contributed by atoms with Crippen molar-refractivity contribution >= 4 is 29.0 Å². The number of ketones is 1. The molecule has 1 unspecified atom stereocenters. The third-order valence-electron chi connectivity index (χ3n) is 5.82. The van der Waals surface area contributed by atoms with Crippen LogP contribution in [0.25, 0.3) is 0 Å². The highest BCUT2D eigenvalue weighted by Gasteiger charge is 2.47. The number of benzene rings is 1. The van der Waals surface area contributed by atoms with Crippen LogP contribution in [0.3, 0.4) is 0 Å². The molecule has 1 aliphatic heterocycles. The van der Waals surface area contributed by atoms with Crippen LogP contribution in [-0.2, 0) is 14.3 Å². The predicted molar refractivity (Wildman–Crippen MR) is 124 cm³/mol. The van der Waals surface area contributed by atoms with Crippen molar-refractivity contribution in [1.82, 2.24) is 4.98 Å². The Labute approximate surface area is 192 Å². The molecule has 1 aliphatic carbocycles. The lowest BCUT2D eigenvalue weighted by Crippen LogP contribution is -2.44. The topological polar surface area (TPSA) is 85.5 Å². The van der Waals surface area contributed by atoms with E-state index < -0.39 is 11.9 Å². The van der Waals surface area contributed by atoms with Gasteiger partial charge in [0.05, 0.1) is 23.8 Å². The van der Waals surface area contributed by atoms with Gasteiger partial charge in [-0.05, 0) is 55.2 Å². The molecule has 4 rings (SSSR count). The lowest BCUT2D eigenvalue weighted by molar-refractivity contribution is -0.138. The van der Waals surface area contributed by atoms with Crippen molar-refractivity contribution in [2.24, 2.45) is 11.1 Å². The van der Waals surface area contributed by atoms with Crippen molar-refractivity contribution in [2.45, 2.75) is 39.5 Å². The van der Waals surface area contributed by atoms with Crippen molar-refractivity contribution in [2.75, 3.05) is 11.5 Å². The maximum atomic E-state index is 13.5. The standard InChI is InChI=1S/C25H26ClN3O3/c1-4-32-24(31)22-20(17-7-5-6-12-28-17)21-18(13-25(2,3)14-19(21)30)29(23(22)27)16-10-8-15(26)9-11-16/h5-12,20H,4,13-14,27H2,1-3H3. The minimum absolute atomic E-state index is 0.0137. The first-order chi connectivity index (χ1) is 15.2. The van der Waals surface area contributed by atoms with Crippen LogP contribution in [0.5, 0.6) is 0 Å². The fourth-order valence-electron chi connectivity index (χ4n) is 4.55. The zero-order valence-electron chi connectivity index (χ0n) is 18.4. The summed E-state index contributed by atoms with van der Waals surface area (Å²) in [5.74, 6) is -1.01. The van der Waals surface area contributed by atoms with E-state index in [1.807, 2.05) is 24.3 Å². The number of nitrogens with zero attached hydrogens (tertiary/aromatic N) is 2. The maximum absolute atomic E-state index is 13.5. The van der Waals surface area contributed by atoms with Crippen LogP contribution in [-0.4, -0.2) is 23.3 Å². The SMILES string of the molecule is CCOC(=O)C1=C(N)N(c2ccc(Cl)cc2)C2=C(C(=O)CC(C)(C)C2)C1c1ccccn1. The number of carbonyl (C=O) groups is 2. The highest BCUT2D eigenvalue weighted by atomic mass is 35.5. The Balaban J connectivity index is 2.01. The van der Waals surface area contributed by atoms with Crippen LogP contribution in [0, 0.1) is 5.41 Å². The molecule has 0 radical (unpaired) electrons. The number of anilines is 1. The summed E-state index contributed by atoms with van der Waals surface area (Å²) in [6.07, 6.45) is 2.65. The van der Waals surface area contributed by atoms with Crippen molar-refractivity contribution in [3.05, 3.63) is 82.0 Å². The minimum atomic E-state index is -0.683. The lowest BCUT2D eigenvalue weighted by atomic mass is 9.69. The summed E-state index contributed by atoms with van der Waals surface area (Å²) in [4.78, 5) is 33.0. The molecule has 0 fully saturated rings. The maximum Gasteiger partial charge on any atom is 0.338 e. The van der Waals surface area contributed by atoms with Gasteiger partial charge in [-0.25, -0.2) is 4.79 Å². The van der Waals surface area contributed by atoms with Gasteiger partial charge in [0, 0.05) is 34.6 Å². The van der Waals surface area contributed by atoms with Gasteiger partial charge in [-0.1, -0.05) is 31.5 Å². The van der Waals surface area contributed by atoms with Gasteiger partial charge >= 0.3 is 5.97 Å². The van der Waals surface area contributed by atoms with Gasteiger partial charge in [0.25, 0.3) is 0 Å². The van der Waals surface area contributed by atoms with Gasteiger partial charge in [0.1, 0.15) is 5.82 Å². The van der Waals surface area contributed by atoms with Crippen LogP contribution < -0.4 is 10.6 Å². The number of esters is 1. The molecule has 0 bridgehead atoms. The molecule has 32 heavy (non-hydrogen) atoms. The Morgan fingerprint density at radius 3 is 2.56 bits per heavy atom. The molecular formula is C25H26ClN3O3. The van der Waals surface area contributed by atoms with Gasteiger partial charge in [-0.2, -0.15) is 0 Å². The molecule has 2 N–H and O–H groups in total. The normalized spacial score (nSPS) is 20.3. The third-order valence-corrected chi connectivity index (χ3v) is 6.08. The second-order valence-electron chi connectivity index (χ2n) is 8.82. The first-order valence-corrected chi connectivity index (χ1v) is 11.0. The van der Waals surface area contributed by atoms with Crippen LogP contribution in [0.1, 0.15) is 45.2 Å². The average molecular weight is 452 g/mol. The molecular weight excluding hydrogens is 426 g/mol. The summed E-state index contributed by atoms with van der Waals surface area (Å²) >= 11 is 6.11. The van der Waals surface area contributed by atoms with Gasteiger partial charge in [-0.3, -0.25) is 14.7 Å². The Bertz CT molecular complexity index is 1120. The highest BCUT2D eigenvalue weighted by Crippen LogP contribution is 2.50. The van der Waals surface area contributed by atoms with Crippen LogP contribution in [0.15, 0.2) is 71.3 Å². The molecule has 0 saturated heterocycles. The van der Waals surface area contributed by atoms with E-state index in [4.69, 9.17) is 22.1 Å². The smallest absolute Gasteiger partial charge is 0.338 e. The molecule has 1 aromatic heterocycles. The Hall–Kier alpha value is -3.12. The van der Waals surface area contributed by atoms with Crippen LogP contribution in [0.2, 0.25) is 5.02 Å². The first-order valence-electron chi connectivity index (χ1n) is 10.6. The molecule has 0 spiro atoms. The number of carbonyl (C=O) groups excluding carboxylic acids is 2. The number of ether oxygens (including phenoxy) is 1. The number of hydrogen-bond donors (Lipinski definition) is 1. The number of aromatic nitrogens is 1. The summed E-state index contributed by atoms with van der Waals surface area (Å²) in [5, 5.41) is 0.583. The molecule has 1 aromatic carbocycles. The van der Waals surface area contributed by atoms with E-state index >= 15 is 0 Å². The fourth-order valence-corrected chi connectivity index (χ4v) is 4.67. The predicted octanol–water partition coefficient (Wildman–Crippen LogP) is 4.72. The van der Waals surface area contributed by atoms with Crippen molar-refractivity contribution in [1.29, 1.82) is 0 Å². The number of rotatable bonds is 4. The summed E-state index contributed by atoms with van der Waals surface area (Å²) in [5.41, 5.74) is 9.33. The summed E-state index contributed by atoms with van der Waals surface area (Å²) in [6.45, 7) is 6.05. The zero-order valence-corrected chi connectivity index (χ0v) is 19.1. The lowest BCUT2D eigenvalue weighted by Gasteiger charge is -2.44. The third kappa shape index (κ3) is 3.91. The van der Waals surface area contributed by atoms with E-state index in [2.05, 4.69) is 18.8 Å². The molecule has 7 heteroatoms. The fraction of sp³-hybridized carbons (Fsp3) is 0.320. The largest absolute Gasteiger partial charge is 0.463 e. The number of halogens is 1. The van der Waals surface area contributed by atoms with Crippen LogP contribution in [0.4, 0.5) is 5.69 Å². The highest BCUT2D eigenvalue weighted by molar-refractivity contribution is 6.30. The molecule has 0 amide bonds. The van der Waals surface area contributed by atoms with E-state index in [1.54, 1.807) is 36.2 Å². The Morgan fingerprint density at radius 2 is 1.94 bits per heavy atom. The van der Waals surface area contributed by atoms with Gasteiger partial charge in [0.2, 0.25) is 0 Å². The number of hydrogen-bond acceptors (Lipinski definition) is 6. The van der Waals surface area contributed by atoms with Crippen LogP contribution >= 0.6 is 11.6 Å². The molecule has 2 heterocycles. The summed E-state index contributed by atoms with van der Waals surface area (Å²) in [6, 6.07) is 12.6. The minimum Gasteiger partial charge on any atom is -0.463 e. The van der Waals surface area contributed by atoms with Crippen molar-refractivity contribution in [3.63, 3.8) is 0 Å². The van der Waals surface area contributed by atoms with Crippen molar-refractivity contribution < 1.29 is 14.3 Å². The molecule has 1 atom stereocenters. The molecule has 166 valence electrons. The second kappa shape index (κ2) is 8.43. The monoisotopic (exact) mass is 451 g/mol. The van der Waals surface area contributed by atoms with E-state index in [-0.39, 0.29) is 29.2 Å². The quantitative estimate of drug-likeness (QED) is 0.677. The van der Waals surface area contributed by atoms with E-state index in [0.717, 1.165) is 11.4 Å².